The molecule has 104 valence electrons. The van der Waals surface area contributed by atoms with E-state index in [1.165, 1.54) is 11.1 Å². The van der Waals surface area contributed by atoms with Crippen molar-refractivity contribution in [2.24, 2.45) is 0 Å². The first-order valence-corrected chi connectivity index (χ1v) is 6.67. The van der Waals surface area contributed by atoms with Gasteiger partial charge in [0.1, 0.15) is 0 Å². The molecule has 0 fully saturated rings. The van der Waals surface area contributed by atoms with E-state index in [1.54, 1.807) is 14.2 Å². The quantitative estimate of drug-likeness (QED) is 0.802. The molecule has 0 radical (unpaired) electrons. The van der Waals surface area contributed by atoms with E-state index in [9.17, 15) is 0 Å². The monoisotopic (exact) mass is 253 g/mol. The molecule has 0 aliphatic carbocycles. The maximum absolute atomic E-state index is 5.25. The molecule has 0 spiro atoms. The third-order valence-electron chi connectivity index (χ3n) is 2.59. The molecule has 3 nitrogen and oxygen atoms in total. The molecule has 3 heteroatoms. The largest absolute Gasteiger partial charge is 0.493 e. The van der Waals surface area contributed by atoms with E-state index >= 15 is 0 Å². The van der Waals surface area contributed by atoms with Gasteiger partial charge in [-0.1, -0.05) is 27.7 Å². The van der Waals surface area contributed by atoms with Crippen LogP contribution in [0.5, 0.6) is 11.5 Å². The van der Waals surface area contributed by atoms with Crippen molar-refractivity contribution in [1.82, 2.24) is 4.90 Å². The first-order chi connectivity index (χ1) is 8.74. The Hall–Kier alpha value is -1.22. The number of hydrogen-bond donors (Lipinski definition) is 0. The average molecular weight is 253 g/mol. The summed E-state index contributed by atoms with van der Waals surface area (Å²) in [5.41, 5.74) is 2.68. The Kier molecular flexibility index (Phi) is 8.21. The average Bonchev–Trinajstić information content (AvgIpc) is 2.80. The summed E-state index contributed by atoms with van der Waals surface area (Å²) in [6.07, 6.45) is 0. The number of benzene rings is 1. The summed E-state index contributed by atoms with van der Waals surface area (Å²) >= 11 is 0. The Labute approximate surface area is 112 Å². The zero-order valence-corrected chi connectivity index (χ0v) is 12.8. The molecule has 1 aromatic carbocycles. The van der Waals surface area contributed by atoms with E-state index in [0.29, 0.717) is 0 Å². The summed E-state index contributed by atoms with van der Waals surface area (Å²) in [6, 6.07) is 4.13. The van der Waals surface area contributed by atoms with Crippen molar-refractivity contribution < 1.29 is 9.47 Å². The Morgan fingerprint density at radius 1 is 0.833 bits per heavy atom. The van der Waals surface area contributed by atoms with Crippen molar-refractivity contribution in [2.45, 2.75) is 40.8 Å². The van der Waals surface area contributed by atoms with Gasteiger partial charge in [0.25, 0.3) is 0 Å². The summed E-state index contributed by atoms with van der Waals surface area (Å²) in [5, 5.41) is 0. The van der Waals surface area contributed by atoms with Crippen LogP contribution in [-0.4, -0.2) is 26.2 Å². The molecule has 1 aromatic rings. The molecule has 0 aromatic heterocycles. The lowest BCUT2D eigenvalue weighted by atomic mass is 10.1. The smallest absolute Gasteiger partial charge is 0.161 e. The second-order valence-electron chi connectivity index (χ2n) is 3.65. The minimum atomic E-state index is 0.821. The van der Waals surface area contributed by atoms with E-state index in [1.807, 2.05) is 27.7 Å². The lowest BCUT2D eigenvalue weighted by molar-refractivity contribution is 0.353. The van der Waals surface area contributed by atoms with Crippen LogP contribution in [0.3, 0.4) is 0 Å². The van der Waals surface area contributed by atoms with Gasteiger partial charge in [-0.2, -0.15) is 0 Å². The predicted molar refractivity (Wildman–Crippen MR) is 77.4 cm³/mol. The minimum Gasteiger partial charge on any atom is -0.493 e. The first-order valence-electron chi connectivity index (χ1n) is 6.67. The summed E-state index contributed by atoms with van der Waals surface area (Å²) in [6.45, 7) is 9.99. The summed E-state index contributed by atoms with van der Waals surface area (Å²) in [4.78, 5) is 2.27. The van der Waals surface area contributed by atoms with Gasteiger partial charge in [0, 0.05) is 13.1 Å². The number of hydrogen-bond acceptors (Lipinski definition) is 3. The van der Waals surface area contributed by atoms with Gasteiger partial charge in [0.05, 0.1) is 14.2 Å². The Bertz CT molecular complexity index is 318. The summed E-state index contributed by atoms with van der Waals surface area (Å²) in [5.74, 6) is 1.64. The maximum Gasteiger partial charge on any atom is 0.161 e. The fourth-order valence-corrected chi connectivity index (χ4v) is 1.90. The number of ether oxygens (including phenoxy) is 2. The van der Waals surface area contributed by atoms with E-state index in [-0.39, 0.29) is 0 Å². The van der Waals surface area contributed by atoms with E-state index in [4.69, 9.17) is 9.47 Å². The SMILES string of the molecule is CC.CC.COc1cc2c(cc1OC)CN(C)C2. The van der Waals surface area contributed by atoms with Crippen molar-refractivity contribution in [3.63, 3.8) is 0 Å². The van der Waals surface area contributed by atoms with Crippen LogP contribution in [0.2, 0.25) is 0 Å². The Morgan fingerprint density at radius 3 is 1.44 bits per heavy atom. The molecular weight excluding hydrogens is 226 g/mol. The molecule has 0 saturated heterocycles. The first kappa shape index (κ1) is 16.8. The van der Waals surface area contributed by atoms with Crippen LogP contribution in [0.1, 0.15) is 38.8 Å². The van der Waals surface area contributed by atoms with Gasteiger partial charge in [-0.3, -0.25) is 4.90 Å². The van der Waals surface area contributed by atoms with Crippen LogP contribution in [0.4, 0.5) is 0 Å². The van der Waals surface area contributed by atoms with E-state index < -0.39 is 0 Å². The summed E-state index contributed by atoms with van der Waals surface area (Å²) in [7, 11) is 5.45. The van der Waals surface area contributed by atoms with Crippen LogP contribution in [0, 0.1) is 0 Å². The molecule has 0 atom stereocenters. The standard InChI is InChI=1S/C11H15NO2.2C2H6/c1-12-6-8-4-10(13-2)11(14-3)5-9(8)7-12;2*1-2/h4-5H,6-7H2,1-3H3;2*1-2H3. The summed E-state index contributed by atoms with van der Waals surface area (Å²) < 4.78 is 10.5. The molecule has 2 rings (SSSR count). The second-order valence-corrected chi connectivity index (χ2v) is 3.65. The number of methoxy groups -OCH3 is 2. The third-order valence-corrected chi connectivity index (χ3v) is 2.59. The lowest BCUT2D eigenvalue weighted by Crippen LogP contribution is -2.07. The zero-order chi connectivity index (χ0) is 14.1. The topological polar surface area (TPSA) is 21.7 Å². The fourth-order valence-electron chi connectivity index (χ4n) is 1.90. The highest BCUT2D eigenvalue weighted by atomic mass is 16.5. The normalized spacial score (nSPS) is 12.6. The van der Waals surface area contributed by atoms with Gasteiger partial charge in [-0.05, 0) is 30.3 Å². The van der Waals surface area contributed by atoms with Gasteiger partial charge < -0.3 is 9.47 Å². The van der Waals surface area contributed by atoms with Crippen molar-refractivity contribution in [2.75, 3.05) is 21.3 Å². The number of nitrogens with zero attached hydrogens (tertiary/aromatic N) is 1. The van der Waals surface area contributed by atoms with Crippen LogP contribution < -0.4 is 9.47 Å². The molecule has 1 heterocycles. The van der Waals surface area contributed by atoms with Crippen LogP contribution in [0.15, 0.2) is 12.1 Å². The van der Waals surface area contributed by atoms with Crippen LogP contribution >= 0.6 is 0 Å². The van der Waals surface area contributed by atoms with Gasteiger partial charge in [0.15, 0.2) is 11.5 Å². The fraction of sp³-hybridized carbons (Fsp3) is 0.600. The van der Waals surface area contributed by atoms with E-state index in [2.05, 4.69) is 24.1 Å². The zero-order valence-electron chi connectivity index (χ0n) is 12.8. The molecule has 0 unspecified atom stereocenters. The Morgan fingerprint density at radius 2 is 1.17 bits per heavy atom. The lowest BCUT2D eigenvalue weighted by Gasteiger charge is -2.09. The number of fused-ring (bicyclic) bond motifs is 1. The highest BCUT2D eigenvalue weighted by Gasteiger charge is 2.18. The van der Waals surface area contributed by atoms with Gasteiger partial charge in [-0.25, -0.2) is 0 Å². The minimum absolute atomic E-state index is 0.821. The molecule has 0 N–H and O–H groups in total. The molecule has 0 amide bonds. The molecule has 18 heavy (non-hydrogen) atoms. The molecule has 1 aliphatic rings. The Balaban J connectivity index is 0.000000659. The maximum atomic E-state index is 5.25. The third kappa shape index (κ3) is 3.91. The van der Waals surface area contributed by atoms with Crippen molar-refractivity contribution in [3.8, 4) is 11.5 Å². The van der Waals surface area contributed by atoms with Crippen molar-refractivity contribution in [1.29, 1.82) is 0 Å². The van der Waals surface area contributed by atoms with Crippen LogP contribution in [0.25, 0.3) is 0 Å². The molecular formula is C15H27NO2. The van der Waals surface area contributed by atoms with Gasteiger partial charge >= 0.3 is 0 Å². The van der Waals surface area contributed by atoms with Crippen molar-refractivity contribution >= 4 is 0 Å². The van der Waals surface area contributed by atoms with Crippen molar-refractivity contribution in [3.05, 3.63) is 23.3 Å². The van der Waals surface area contributed by atoms with Gasteiger partial charge in [0.2, 0.25) is 0 Å². The van der Waals surface area contributed by atoms with Gasteiger partial charge in [-0.15, -0.1) is 0 Å². The predicted octanol–water partition coefficient (Wildman–Crippen LogP) is 3.70. The molecule has 1 aliphatic heterocycles. The highest BCUT2D eigenvalue weighted by molar-refractivity contribution is 5.48. The highest BCUT2D eigenvalue weighted by Crippen LogP contribution is 2.34. The second kappa shape index (κ2) is 8.81. The van der Waals surface area contributed by atoms with E-state index in [0.717, 1.165) is 24.6 Å². The number of rotatable bonds is 2. The molecule has 0 saturated carbocycles. The van der Waals surface area contributed by atoms with Crippen LogP contribution in [-0.2, 0) is 13.1 Å². The molecule has 0 bridgehead atoms.